The van der Waals surface area contributed by atoms with Crippen molar-refractivity contribution in [3.05, 3.63) is 21.6 Å². The molecule has 3 N–H and O–H groups in total. The molecule has 27 heavy (non-hydrogen) atoms. The molecule has 0 aliphatic carbocycles. The number of hydrogen-bond donors (Lipinski definition) is 2. The Morgan fingerprint density at radius 2 is 2.07 bits per heavy atom. The van der Waals surface area contributed by atoms with E-state index in [2.05, 4.69) is 16.9 Å². The Labute approximate surface area is 160 Å². The summed E-state index contributed by atoms with van der Waals surface area (Å²) in [7, 11) is 0. The zero-order chi connectivity index (χ0) is 19.4. The van der Waals surface area contributed by atoms with Crippen LogP contribution in [0.5, 0.6) is 0 Å². The number of aromatic nitrogens is 2. The number of amides is 1. The Hall–Kier alpha value is -1.93. The summed E-state index contributed by atoms with van der Waals surface area (Å²) in [6, 6.07) is 0.104. The van der Waals surface area contributed by atoms with Crippen molar-refractivity contribution >= 4 is 11.9 Å². The van der Waals surface area contributed by atoms with Gasteiger partial charge in [-0.2, -0.15) is 0 Å². The number of aryl methyl sites for hydroxylation is 1. The Morgan fingerprint density at radius 1 is 1.33 bits per heavy atom. The van der Waals surface area contributed by atoms with E-state index in [1.807, 2.05) is 16.7 Å². The fourth-order valence-corrected chi connectivity index (χ4v) is 4.11. The molecule has 150 valence electrons. The van der Waals surface area contributed by atoms with Gasteiger partial charge in [-0.25, -0.2) is 4.98 Å². The van der Waals surface area contributed by atoms with Gasteiger partial charge in [-0.15, -0.1) is 0 Å². The van der Waals surface area contributed by atoms with E-state index < -0.39 is 0 Å². The van der Waals surface area contributed by atoms with Gasteiger partial charge in [0, 0.05) is 49.9 Å². The van der Waals surface area contributed by atoms with Crippen molar-refractivity contribution in [1.82, 2.24) is 14.9 Å². The van der Waals surface area contributed by atoms with Gasteiger partial charge < -0.3 is 20.3 Å². The van der Waals surface area contributed by atoms with Gasteiger partial charge in [-0.3, -0.25) is 14.6 Å². The van der Waals surface area contributed by atoms with Gasteiger partial charge in [0.25, 0.3) is 5.56 Å². The molecule has 0 bridgehead atoms. The minimum absolute atomic E-state index is 0.0769. The number of anilines is 1. The van der Waals surface area contributed by atoms with Crippen molar-refractivity contribution in [3.8, 4) is 0 Å². The first-order valence-corrected chi connectivity index (χ1v) is 9.93. The van der Waals surface area contributed by atoms with E-state index in [1.54, 1.807) is 0 Å². The molecule has 3 rings (SSSR count). The highest BCUT2D eigenvalue weighted by Gasteiger charge is 2.30. The first kappa shape index (κ1) is 19.8. The first-order valence-electron chi connectivity index (χ1n) is 9.93. The topological polar surface area (TPSA) is 105 Å². The van der Waals surface area contributed by atoms with Crippen molar-refractivity contribution in [2.24, 2.45) is 11.7 Å². The molecule has 0 spiro atoms. The monoisotopic (exact) mass is 377 g/mol. The average Bonchev–Trinajstić information content (AvgIpc) is 2.67. The fraction of sp³-hybridized carbons (Fsp3) is 0.737. The lowest BCUT2D eigenvalue weighted by atomic mass is 9.90. The molecule has 1 amide bonds. The van der Waals surface area contributed by atoms with Crippen molar-refractivity contribution in [2.75, 3.05) is 44.3 Å². The van der Waals surface area contributed by atoms with E-state index in [0.717, 1.165) is 19.4 Å². The van der Waals surface area contributed by atoms with Gasteiger partial charge in [0.2, 0.25) is 11.9 Å². The fourth-order valence-electron chi connectivity index (χ4n) is 4.11. The summed E-state index contributed by atoms with van der Waals surface area (Å²) in [4.78, 5) is 36.7. The molecule has 1 aromatic heterocycles. The maximum absolute atomic E-state index is 12.7. The summed E-state index contributed by atoms with van der Waals surface area (Å²) in [6.07, 6.45) is 2.83. The maximum atomic E-state index is 12.7. The normalized spacial score (nSPS) is 23.5. The molecule has 2 fully saturated rings. The van der Waals surface area contributed by atoms with Crippen LogP contribution in [0.1, 0.15) is 37.4 Å². The highest BCUT2D eigenvalue weighted by Crippen LogP contribution is 2.23. The lowest BCUT2D eigenvalue weighted by Gasteiger charge is -2.39. The second-order valence-electron chi connectivity index (χ2n) is 7.56. The molecular formula is C19H31N5O3. The number of ether oxygens (including phenoxy) is 1. The summed E-state index contributed by atoms with van der Waals surface area (Å²) in [6.45, 7) is 7.94. The Morgan fingerprint density at radius 3 is 2.74 bits per heavy atom. The molecule has 8 heteroatoms. The van der Waals surface area contributed by atoms with Gasteiger partial charge >= 0.3 is 0 Å². The molecule has 3 heterocycles. The zero-order valence-corrected chi connectivity index (χ0v) is 16.4. The number of nitrogens with zero attached hydrogens (tertiary/aromatic N) is 3. The van der Waals surface area contributed by atoms with Gasteiger partial charge in [-0.1, -0.05) is 6.92 Å². The molecule has 1 aromatic rings. The third-order valence-corrected chi connectivity index (χ3v) is 5.79. The van der Waals surface area contributed by atoms with Crippen LogP contribution in [0.4, 0.5) is 5.95 Å². The number of rotatable bonds is 5. The lowest BCUT2D eigenvalue weighted by molar-refractivity contribution is -0.136. The van der Waals surface area contributed by atoms with Gasteiger partial charge in [0.05, 0.1) is 13.2 Å². The SMILES string of the molecule is Cc1nc(N2CCOCC2)[nH]c(=O)c1CCC(=O)N1CCC[C@H](C)[C@H]1CN. The number of carbonyl (C=O) groups excluding carboxylic acids is 1. The van der Waals surface area contributed by atoms with Crippen LogP contribution >= 0.6 is 0 Å². The number of nitrogens with one attached hydrogen (secondary N) is 1. The van der Waals surface area contributed by atoms with E-state index in [0.29, 0.717) is 68.8 Å². The number of likely N-dealkylation sites (tertiary alicyclic amines) is 1. The van der Waals surface area contributed by atoms with E-state index >= 15 is 0 Å². The Kier molecular flexibility index (Phi) is 6.49. The number of morpholine rings is 1. The molecule has 0 radical (unpaired) electrons. The predicted octanol–water partition coefficient (Wildman–Crippen LogP) is 0.433. The molecular weight excluding hydrogens is 346 g/mol. The van der Waals surface area contributed by atoms with Gasteiger partial charge in [0.15, 0.2) is 0 Å². The van der Waals surface area contributed by atoms with Gasteiger partial charge in [0.1, 0.15) is 0 Å². The van der Waals surface area contributed by atoms with Crippen LogP contribution in [0.25, 0.3) is 0 Å². The number of H-pyrrole nitrogens is 1. The molecule has 2 aliphatic heterocycles. The number of nitrogens with two attached hydrogens (primary N) is 1. The summed E-state index contributed by atoms with van der Waals surface area (Å²) >= 11 is 0. The summed E-state index contributed by atoms with van der Waals surface area (Å²) in [5.41, 5.74) is 7.02. The third kappa shape index (κ3) is 4.50. The molecule has 0 unspecified atom stereocenters. The van der Waals surface area contributed by atoms with E-state index in [-0.39, 0.29) is 17.5 Å². The second kappa shape index (κ2) is 8.84. The highest BCUT2D eigenvalue weighted by molar-refractivity contribution is 5.77. The summed E-state index contributed by atoms with van der Waals surface area (Å²) < 4.78 is 5.34. The van der Waals surface area contributed by atoms with Crippen LogP contribution < -0.4 is 16.2 Å². The third-order valence-electron chi connectivity index (χ3n) is 5.79. The van der Waals surface area contributed by atoms with Crippen LogP contribution in [-0.2, 0) is 16.0 Å². The van der Waals surface area contributed by atoms with Crippen LogP contribution in [0.2, 0.25) is 0 Å². The second-order valence-corrected chi connectivity index (χ2v) is 7.56. The largest absolute Gasteiger partial charge is 0.378 e. The minimum Gasteiger partial charge on any atom is -0.378 e. The van der Waals surface area contributed by atoms with Crippen LogP contribution in [0.15, 0.2) is 4.79 Å². The smallest absolute Gasteiger partial charge is 0.255 e. The Bertz CT molecular complexity index is 714. The van der Waals surface area contributed by atoms with E-state index in [1.165, 1.54) is 0 Å². The number of piperidine rings is 1. The molecule has 2 atom stereocenters. The van der Waals surface area contributed by atoms with Crippen molar-refractivity contribution < 1.29 is 9.53 Å². The minimum atomic E-state index is -0.154. The number of carbonyl (C=O) groups is 1. The number of aromatic amines is 1. The standard InChI is InChI=1S/C19H31N5O3/c1-13-4-3-7-24(16(13)12-20)17(25)6-5-15-14(2)21-19(22-18(15)26)23-8-10-27-11-9-23/h13,16H,3-12,20H2,1-2H3,(H,21,22,26)/t13-,16+/m0/s1. The van der Waals surface area contributed by atoms with Crippen molar-refractivity contribution in [2.45, 2.75) is 45.6 Å². The van der Waals surface area contributed by atoms with E-state index in [9.17, 15) is 9.59 Å². The highest BCUT2D eigenvalue weighted by atomic mass is 16.5. The maximum Gasteiger partial charge on any atom is 0.255 e. The predicted molar refractivity (Wildman–Crippen MR) is 104 cm³/mol. The molecule has 2 saturated heterocycles. The average molecular weight is 377 g/mol. The van der Waals surface area contributed by atoms with Crippen LogP contribution in [-0.4, -0.2) is 66.2 Å². The van der Waals surface area contributed by atoms with Gasteiger partial charge in [-0.05, 0) is 32.1 Å². The first-order chi connectivity index (χ1) is 13.0. The summed E-state index contributed by atoms with van der Waals surface area (Å²) in [5, 5.41) is 0. The lowest BCUT2D eigenvalue weighted by Crippen LogP contribution is -2.51. The van der Waals surface area contributed by atoms with E-state index in [4.69, 9.17) is 10.5 Å². The molecule has 0 saturated carbocycles. The number of hydrogen-bond acceptors (Lipinski definition) is 6. The van der Waals surface area contributed by atoms with Crippen LogP contribution in [0.3, 0.4) is 0 Å². The molecule has 0 aromatic carbocycles. The summed E-state index contributed by atoms with van der Waals surface area (Å²) in [5.74, 6) is 1.09. The molecule has 2 aliphatic rings. The zero-order valence-electron chi connectivity index (χ0n) is 16.4. The van der Waals surface area contributed by atoms with Crippen molar-refractivity contribution in [3.63, 3.8) is 0 Å². The van der Waals surface area contributed by atoms with Crippen molar-refractivity contribution in [1.29, 1.82) is 0 Å². The quantitative estimate of drug-likeness (QED) is 0.771. The Balaban J connectivity index is 1.67. The van der Waals surface area contributed by atoms with Crippen LogP contribution in [0, 0.1) is 12.8 Å². The molecule has 8 nitrogen and oxygen atoms in total.